The lowest BCUT2D eigenvalue weighted by Gasteiger charge is -2.19. The minimum atomic E-state index is -0.846. The Morgan fingerprint density at radius 2 is 1.81 bits per heavy atom. The number of carbonyl (C=O) groups excluding carboxylic acids is 3. The summed E-state index contributed by atoms with van der Waals surface area (Å²) >= 11 is 5.84. The molecule has 0 aliphatic rings. The van der Waals surface area contributed by atoms with E-state index in [9.17, 15) is 14.4 Å². The molecule has 0 saturated heterocycles. The first-order valence-corrected chi connectivity index (χ1v) is 11.6. The zero-order chi connectivity index (χ0) is 26.5. The van der Waals surface area contributed by atoms with Gasteiger partial charge in [-0.25, -0.2) is 10.2 Å². The standard InChI is InChI=1S/C25H30ClN3O7/c1-5-34-25(32)36-21-11-6-17(13-22(21)33-4)14-27-29-24(31)20(12-16(2)3)28-23(30)15-35-19-9-7-18(26)8-10-19/h6-11,13-14,16,20H,5,12,15H2,1-4H3,(H,28,30)(H,29,31)/b27-14-/t20-/m0/s1. The van der Waals surface area contributed by atoms with Gasteiger partial charge < -0.3 is 24.3 Å². The van der Waals surface area contributed by atoms with Crippen molar-refractivity contribution < 1.29 is 33.3 Å². The van der Waals surface area contributed by atoms with Gasteiger partial charge in [-0.2, -0.15) is 5.10 Å². The normalized spacial score (nSPS) is 11.6. The van der Waals surface area contributed by atoms with Gasteiger partial charge in [0, 0.05) is 5.02 Å². The van der Waals surface area contributed by atoms with Crippen molar-refractivity contribution in [3.63, 3.8) is 0 Å². The fourth-order valence-electron chi connectivity index (χ4n) is 2.95. The van der Waals surface area contributed by atoms with Gasteiger partial charge in [0.05, 0.1) is 19.9 Å². The second kappa shape index (κ2) is 14.6. The molecule has 2 N–H and O–H groups in total. The van der Waals surface area contributed by atoms with Gasteiger partial charge in [-0.3, -0.25) is 9.59 Å². The SMILES string of the molecule is CCOC(=O)Oc1ccc(/C=N\NC(=O)[C@H](CC(C)C)NC(=O)COc2ccc(Cl)cc2)cc1OC. The highest BCUT2D eigenvalue weighted by Gasteiger charge is 2.22. The molecule has 0 fully saturated rings. The summed E-state index contributed by atoms with van der Waals surface area (Å²) in [6, 6.07) is 10.5. The van der Waals surface area contributed by atoms with E-state index >= 15 is 0 Å². The quantitative estimate of drug-likeness (QED) is 0.188. The Morgan fingerprint density at radius 3 is 2.44 bits per heavy atom. The van der Waals surface area contributed by atoms with Crippen molar-refractivity contribution in [3.8, 4) is 17.2 Å². The Labute approximate surface area is 214 Å². The van der Waals surface area contributed by atoms with E-state index in [2.05, 4.69) is 15.8 Å². The van der Waals surface area contributed by atoms with Crippen LogP contribution in [0.1, 0.15) is 32.8 Å². The number of amides is 2. The highest BCUT2D eigenvalue weighted by molar-refractivity contribution is 6.30. The lowest BCUT2D eigenvalue weighted by molar-refractivity contribution is -0.130. The van der Waals surface area contributed by atoms with E-state index in [0.29, 0.717) is 22.8 Å². The molecule has 0 bridgehead atoms. The average Bonchev–Trinajstić information content (AvgIpc) is 2.84. The lowest BCUT2D eigenvalue weighted by Crippen LogP contribution is -2.47. The highest BCUT2D eigenvalue weighted by Crippen LogP contribution is 2.28. The summed E-state index contributed by atoms with van der Waals surface area (Å²) in [4.78, 5) is 36.6. The largest absolute Gasteiger partial charge is 0.513 e. The highest BCUT2D eigenvalue weighted by atomic mass is 35.5. The third-order valence-electron chi connectivity index (χ3n) is 4.57. The molecule has 0 radical (unpaired) electrons. The number of ether oxygens (including phenoxy) is 4. The minimum absolute atomic E-state index is 0.137. The molecule has 2 rings (SSSR count). The summed E-state index contributed by atoms with van der Waals surface area (Å²) in [6.07, 6.45) is 0.954. The van der Waals surface area contributed by atoms with Crippen LogP contribution in [0.15, 0.2) is 47.6 Å². The summed E-state index contributed by atoms with van der Waals surface area (Å²) in [5.41, 5.74) is 3.01. The van der Waals surface area contributed by atoms with E-state index in [0.717, 1.165) is 0 Å². The number of benzene rings is 2. The van der Waals surface area contributed by atoms with Crippen LogP contribution >= 0.6 is 11.6 Å². The third-order valence-corrected chi connectivity index (χ3v) is 4.83. The molecule has 0 aromatic heterocycles. The lowest BCUT2D eigenvalue weighted by atomic mass is 10.0. The number of hydrogen-bond donors (Lipinski definition) is 2. The first kappa shape index (κ1) is 28.4. The monoisotopic (exact) mass is 519 g/mol. The van der Waals surface area contributed by atoms with E-state index in [1.807, 2.05) is 13.8 Å². The van der Waals surface area contributed by atoms with Gasteiger partial charge in [0.25, 0.3) is 11.8 Å². The van der Waals surface area contributed by atoms with Crippen LogP contribution in [0.2, 0.25) is 5.02 Å². The van der Waals surface area contributed by atoms with Gasteiger partial charge in [0.15, 0.2) is 18.1 Å². The summed E-state index contributed by atoms with van der Waals surface area (Å²) in [5, 5.41) is 7.20. The molecule has 1 atom stereocenters. The van der Waals surface area contributed by atoms with Crippen molar-refractivity contribution in [1.29, 1.82) is 0 Å². The van der Waals surface area contributed by atoms with E-state index < -0.39 is 24.0 Å². The molecule has 0 spiro atoms. The molecule has 2 aromatic carbocycles. The van der Waals surface area contributed by atoms with Crippen LogP contribution in [0.4, 0.5) is 4.79 Å². The molecule has 0 unspecified atom stereocenters. The molecule has 0 saturated carbocycles. The zero-order valence-corrected chi connectivity index (χ0v) is 21.3. The fourth-order valence-corrected chi connectivity index (χ4v) is 3.08. The molecular formula is C25H30ClN3O7. The van der Waals surface area contributed by atoms with Crippen molar-refractivity contribution in [2.75, 3.05) is 20.3 Å². The number of nitrogens with zero attached hydrogens (tertiary/aromatic N) is 1. The summed E-state index contributed by atoms with van der Waals surface area (Å²) in [5.74, 6) is 0.156. The topological polar surface area (TPSA) is 125 Å². The van der Waals surface area contributed by atoms with Gasteiger partial charge >= 0.3 is 6.16 Å². The summed E-state index contributed by atoms with van der Waals surface area (Å²) < 4.78 is 20.5. The Morgan fingerprint density at radius 1 is 1.08 bits per heavy atom. The molecule has 0 heterocycles. The molecule has 11 heteroatoms. The Balaban J connectivity index is 1.96. The van der Waals surface area contributed by atoms with Crippen LogP contribution in [-0.2, 0) is 14.3 Å². The number of hydrogen-bond acceptors (Lipinski definition) is 8. The maximum Gasteiger partial charge on any atom is 0.513 e. The Kier molecular flexibility index (Phi) is 11.5. The van der Waals surface area contributed by atoms with Gasteiger partial charge in [-0.05, 0) is 67.3 Å². The van der Waals surface area contributed by atoms with Crippen molar-refractivity contribution >= 4 is 35.8 Å². The molecule has 36 heavy (non-hydrogen) atoms. The molecular weight excluding hydrogens is 490 g/mol. The van der Waals surface area contributed by atoms with Crippen LogP contribution in [-0.4, -0.2) is 50.5 Å². The number of hydrazone groups is 1. The average molecular weight is 520 g/mol. The number of nitrogens with one attached hydrogen (secondary N) is 2. The van der Waals surface area contributed by atoms with E-state index in [1.165, 1.54) is 19.4 Å². The number of rotatable bonds is 12. The molecule has 194 valence electrons. The zero-order valence-electron chi connectivity index (χ0n) is 20.6. The summed E-state index contributed by atoms with van der Waals surface area (Å²) in [6.45, 7) is 5.46. The maximum atomic E-state index is 12.7. The first-order chi connectivity index (χ1) is 17.2. The van der Waals surface area contributed by atoms with Crippen LogP contribution in [0.3, 0.4) is 0 Å². The van der Waals surface area contributed by atoms with E-state index in [1.54, 1.807) is 43.3 Å². The Bertz CT molecular complexity index is 1060. The number of methoxy groups -OCH3 is 1. The minimum Gasteiger partial charge on any atom is -0.493 e. The van der Waals surface area contributed by atoms with E-state index in [-0.39, 0.29) is 30.6 Å². The van der Waals surface area contributed by atoms with E-state index in [4.69, 9.17) is 30.5 Å². The Hall–Kier alpha value is -3.79. The van der Waals surface area contributed by atoms with Gasteiger partial charge in [0.2, 0.25) is 0 Å². The van der Waals surface area contributed by atoms with Crippen LogP contribution < -0.4 is 25.0 Å². The molecule has 2 aromatic rings. The van der Waals surface area contributed by atoms with Crippen molar-refractivity contribution in [2.45, 2.75) is 33.2 Å². The van der Waals surface area contributed by atoms with Crippen LogP contribution in [0.25, 0.3) is 0 Å². The smallest absolute Gasteiger partial charge is 0.493 e. The first-order valence-electron chi connectivity index (χ1n) is 11.2. The van der Waals surface area contributed by atoms with Crippen molar-refractivity contribution in [2.24, 2.45) is 11.0 Å². The van der Waals surface area contributed by atoms with Crippen molar-refractivity contribution in [1.82, 2.24) is 10.7 Å². The summed E-state index contributed by atoms with van der Waals surface area (Å²) in [7, 11) is 1.42. The molecule has 0 aliphatic heterocycles. The molecule has 2 amide bonds. The van der Waals surface area contributed by atoms with Gasteiger partial charge in [-0.1, -0.05) is 25.4 Å². The van der Waals surface area contributed by atoms with Gasteiger partial charge in [0.1, 0.15) is 11.8 Å². The van der Waals surface area contributed by atoms with Crippen LogP contribution in [0.5, 0.6) is 17.2 Å². The number of halogens is 1. The second-order valence-corrected chi connectivity index (χ2v) is 8.36. The maximum absolute atomic E-state index is 12.7. The third kappa shape index (κ3) is 9.83. The fraction of sp³-hybridized carbons (Fsp3) is 0.360. The predicted octanol–water partition coefficient (Wildman–Crippen LogP) is 3.94. The molecule has 10 nitrogen and oxygen atoms in total. The van der Waals surface area contributed by atoms with Crippen LogP contribution in [0, 0.1) is 5.92 Å². The second-order valence-electron chi connectivity index (χ2n) is 7.92. The van der Waals surface area contributed by atoms with Crippen molar-refractivity contribution in [3.05, 3.63) is 53.1 Å². The molecule has 0 aliphatic carbocycles. The predicted molar refractivity (Wildman–Crippen MR) is 135 cm³/mol. The van der Waals surface area contributed by atoms with Gasteiger partial charge in [-0.15, -0.1) is 0 Å². The number of carbonyl (C=O) groups is 3.